The molecule has 1 fully saturated rings. The molecule has 5 rings (SSSR count). The second-order valence-electron chi connectivity index (χ2n) is 7.88. The van der Waals surface area contributed by atoms with Crippen molar-refractivity contribution in [1.82, 2.24) is 0 Å². The predicted molar refractivity (Wildman–Crippen MR) is 116 cm³/mol. The van der Waals surface area contributed by atoms with Gasteiger partial charge in [0.1, 0.15) is 12.3 Å². The van der Waals surface area contributed by atoms with Gasteiger partial charge < -0.3 is 23.6 Å². The van der Waals surface area contributed by atoms with Crippen molar-refractivity contribution in [1.29, 1.82) is 0 Å². The van der Waals surface area contributed by atoms with E-state index in [0.717, 1.165) is 25.9 Å². The van der Waals surface area contributed by atoms with Gasteiger partial charge in [0.15, 0.2) is 16.9 Å². The monoisotopic (exact) mass is 420 g/mol. The molecule has 1 aliphatic heterocycles. The molecule has 7 nitrogen and oxygen atoms in total. The summed E-state index contributed by atoms with van der Waals surface area (Å²) in [6, 6.07) is 11.6. The Morgan fingerprint density at radius 2 is 1.81 bits per heavy atom. The minimum Gasteiger partial charge on any atom is -0.507 e. The summed E-state index contributed by atoms with van der Waals surface area (Å²) in [5.41, 5.74) is 0.750. The van der Waals surface area contributed by atoms with E-state index in [4.69, 9.17) is 13.6 Å². The fourth-order valence-electron chi connectivity index (χ4n) is 4.43. The van der Waals surface area contributed by atoms with Crippen LogP contribution in [0.2, 0.25) is 0 Å². The first-order valence-corrected chi connectivity index (χ1v) is 10.3. The lowest BCUT2D eigenvalue weighted by molar-refractivity contribution is -0.901. The van der Waals surface area contributed by atoms with Crippen molar-refractivity contribution in [3.05, 3.63) is 68.9 Å². The number of methoxy groups -OCH3 is 1. The first kappa shape index (κ1) is 19.4. The number of phenols is 1. The molecule has 0 spiro atoms. The maximum Gasteiger partial charge on any atom is 0.344 e. The molecule has 0 atom stereocenters. The Labute approximate surface area is 177 Å². The number of nitrogens with one attached hydrogen (secondary N) is 1. The van der Waals surface area contributed by atoms with Crippen molar-refractivity contribution in [2.45, 2.75) is 19.4 Å². The number of phenolic OH excluding ortho intramolecular Hbond substituents is 1. The number of quaternary nitrogens is 1. The number of ether oxygens (including phenoxy) is 1. The molecule has 3 heterocycles. The van der Waals surface area contributed by atoms with Crippen LogP contribution in [0.5, 0.6) is 11.5 Å². The van der Waals surface area contributed by atoms with Crippen LogP contribution in [-0.2, 0) is 6.54 Å². The summed E-state index contributed by atoms with van der Waals surface area (Å²) in [5.74, 6) is 0.543. The second-order valence-corrected chi connectivity index (χ2v) is 7.88. The summed E-state index contributed by atoms with van der Waals surface area (Å²) in [7, 11) is 1.51. The SMILES string of the molecule is COc1cccc2cc(-c3cc(=O)oc4c(C[NH+]5CCCC5)c(O)ccc34)c(=O)oc12. The van der Waals surface area contributed by atoms with Crippen molar-refractivity contribution in [2.75, 3.05) is 20.2 Å². The third-order valence-corrected chi connectivity index (χ3v) is 5.96. The zero-order chi connectivity index (χ0) is 21.5. The number of hydrogen-bond acceptors (Lipinski definition) is 6. The Kier molecular flexibility index (Phi) is 4.75. The van der Waals surface area contributed by atoms with Gasteiger partial charge in [-0.25, -0.2) is 9.59 Å². The van der Waals surface area contributed by atoms with E-state index in [2.05, 4.69) is 0 Å². The van der Waals surface area contributed by atoms with Gasteiger partial charge in [0.05, 0.1) is 31.3 Å². The van der Waals surface area contributed by atoms with E-state index in [0.29, 0.717) is 45.4 Å². The summed E-state index contributed by atoms with van der Waals surface area (Å²) >= 11 is 0. The molecule has 0 aliphatic carbocycles. The molecule has 7 heteroatoms. The van der Waals surface area contributed by atoms with Gasteiger partial charge in [0, 0.05) is 35.2 Å². The zero-order valence-electron chi connectivity index (χ0n) is 17.1. The molecule has 2 N–H and O–H groups in total. The van der Waals surface area contributed by atoms with Crippen molar-refractivity contribution in [3.63, 3.8) is 0 Å². The normalized spacial score (nSPS) is 14.5. The highest BCUT2D eigenvalue weighted by Crippen LogP contribution is 2.33. The Hall–Kier alpha value is -3.58. The van der Waals surface area contributed by atoms with E-state index < -0.39 is 11.3 Å². The van der Waals surface area contributed by atoms with Crippen LogP contribution in [0.1, 0.15) is 18.4 Å². The third kappa shape index (κ3) is 3.37. The van der Waals surface area contributed by atoms with Crippen LogP contribution in [0, 0.1) is 0 Å². The molecule has 1 aliphatic rings. The van der Waals surface area contributed by atoms with Crippen LogP contribution in [0.4, 0.5) is 0 Å². The van der Waals surface area contributed by atoms with Crippen molar-refractivity contribution in [3.8, 4) is 22.6 Å². The Balaban J connectivity index is 1.75. The molecular weight excluding hydrogens is 398 g/mol. The summed E-state index contributed by atoms with van der Waals surface area (Å²) in [6.45, 7) is 2.57. The smallest absolute Gasteiger partial charge is 0.344 e. The van der Waals surface area contributed by atoms with Gasteiger partial charge in [0.2, 0.25) is 0 Å². The summed E-state index contributed by atoms with van der Waals surface area (Å²) < 4.78 is 16.4. The Bertz CT molecular complexity index is 1410. The number of aromatic hydroxyl groups is 1. The minimum absolute atomic E-state index is 0.0856. The van der Waals surface area contributed by atoms with Crippen molar-refractivity contribution < 1.29 is 23.6 Å². The first-order chi connectivity index (χ1) is 15.0. The predicted octanol–water partition coefficient (Wildman–Crippen LogP) is 2.46. The highest BCUT2D eigenvalue weighted by atomic mass is 16.5. The molecule has 0 bridgehead atoms. The van der Waals surface area contributed by atoms with Gasteiger partial charge in [-0.2, -0.15) is 0 Å². The van der Waals surface area contributed by atoms with E-state index in [1.807, 2.05) is 6.07 Å². The van der Waals surface area contributed by atoms with E-state index >= 15 is 0 Å². The highest BCUT2D eigenvalue weighted by Gasteiger charge is 2.23. The second kappa shape index (κ2) is 7.59. The molecule has 0 amide bonds. The molecule has 31 heavy (non-hydrogen) atoms. The third-order valence-electron chi connectivity index (χ3n) is 5.96. The summed E-state index contributed by atoms with van der Waals surface area (Å²) in [4.78, 5) is 26.7. The molecule has 2 aromatic carbocycles. The molecule has 1 saturated heterocycles. The zero-order valence-corrected chi connectivity index (χ0v) is 17.1. The molecule has 2 aromatic heterocycles. The molecular formula is C24H22NO6+. The Morgan fingerprint density at radius 1 is 1.00 bits per heavy atom. The van der Waals surface area contributed by atoms with Crippen LogP contribution in [-0.4, -0.2) is 25.3 Å². The lowest BCUT2D eigenvalue weighted by Gasteiger charge is -2.15. The lowest BCUT2D eigenvalue weighted by Crippen LogP contribution is -3.08. The summed E-state index contributed by atoms with van der Waals surface area (Å²) in [6.07, 6.45) is 2.27. The quantitative estimate of drug-likeness (QED) is 0.493. The fourth-order valence-corrected chi connectivity index (χ4v) is 4.43. The first-order valence-electron chi connectivity index (χ1n) is 10.3. The minimum atomic E-state index is -0.587. The van der Waals surface area contributed by atoms with Crippen LogP contribution in [0.25, 0.3) is 33.1 Å². The van der Waals surface area contributed by atoms with Gasteiger partial charge in [0.25, 0.3) is 0 Å². The molecule has 4 aromatic rings. The van der Waals surface area contributed by atoms with Gasteiger partial charge in [-0.1, -0.05) is 12.1 Å². The summed E-state index contributed by atoms with van der Waals surface area (Å²) in [5, 5.41) is 11.8. The van der Waals surface area contributed by atoms with Gasteiger partial charge in [-0.05, 0) is 24.3 Å². The Morgan fingerprint density at radius 3 is 2.58 bits per heavy atom. The van der Waals surface area contributed by atoms with Crippen LogP contribution >= 0.6 is 0 Å². The molecule has 0 radical (unpaired) electrons. The topological polar surface area (TPSA) is 94.3 Å². The standard InChI is InChI=1S/C24H21NO6/c1-29-20-6-4-5-14-11-17(24(28)31-22(14)20)16-12-21(27)30-23-15(16)7-8-19(26)18(23)13-25-9-2-3-10-25/h4-8,11-12,26H,2-3,9-10,13H2,1H3/p+1. The number of rotatable bonds is 4. The number of hydrogen-bond donors (Lipinski definition) is 2. The van der Waals surface area contributed by atoms with Crippen molar-refractivity contribution in [2.24, 2.45) is 0 Å². The maximum absolute atomic E-state index is 12.9. The number of likely N-dealkylation sites (tertiary alicyclic amines) is 1. The number of para-hydroxylation sites is 1. The fraction of sp³-hybridized carbons (Fsp3) is 0.250. The molecule has 0 unspecified atom stereocenters. The van der Waals surface area contributed by atoms with Crippen LogP contribution in [0.3, 0.4) is 0 Å². The largest absolute Gasteiger partial charge is 0.507 e. The lowest BCUT2D eigenvalue weighted by atomic mass is 9.99. The molecule has 158 valence electrons. The number of benzene rings is 2. The number of fused-ring (bicyclic) bond motifs is 2. The van der Waals surface area contributed by atoms with E-state index in [-0.39, 0.29) is 11.3 Å². The van der Waals surface area contributed by atoms with E-state index in [9.17, 15) is 14.7 Å². The maximum atomic E-state index is 12.9. The van der Waals surface area contributed by atoms with Gasteiger partial charge in [-0.3, -0.25) is 0 Å². The molecule has 0 saturated carbocycles. The van der Waals surface area contributed by atoms with Gasteiger partial charge in [-0.15, -0.1) is 0 Å². The van der Waals surface area contributed by atoms with Gasteiger partial charge >= 0.3 is 11.3 Å². The van der Waals surface area contributed by atoms with E-state index in [1.54, 1.807) is 30.3 Å². The highest BCUT2D eigenvalue weighted by molar-refractivity contribution is 5.97. The van der Waals surface area contributed by atoms with Crippen molar-refractivity contribution >= 4 is 21.9 Å². The van der Waals surface area contributed by atoms with Crippen LogP contribution < -0.4 is 20.9 Å². The van der Waals surface area contributed by atoms with E-state index in [1.165, 1.54) is 18.1 Å². The van der Waals surface area contributed by atoms with Crippen LogP contribution in [0.15, 0.2) is 60.9 Å². The average Bonchev–Trinajstić information content (AvgIpc) is 3.28. The average molecular weight is 420 g/mol.